The quantitative estimate of drug-likeness (QED) is 0.889. The number of methoxy groups -OCH3 is 1. The minimum atomic E-state index is 0.464. The van der Waals surface area contributed by atoms with Crippen molar-refractivity contribution < 1.29 is 9.47 Å². The second-order valence-corrected chi connectivity index (χ2v) is 5.77. The maximum atomic E-state index is 5.86. The third-order valence-electron chi connectivity index (χ3n) is 3.20. The highest BCUT2D eigenvalue weighted by atomic mass is 32.1. The first-order valence-corrected chi connectivity index (χ1v) is 7.32. The lowest BCUT2D eigenvalue weighted by atomic mass is 10.1. The summed E-state index contributed by atoms with van der Waals surface area (Å²) in [6, 6.07) is 6.06. The van der Waals surface area contributed by atoms with Gasteiger partial charge in [-0.3, -0.25) is 0 Å². The molecule has 20 heavy (non-hydrogen) atoms. The van der Waals surface area contributed by atoms with Crippen molar-refractivity contribution in [2.75, 3.05) is 7.11 Å². The van der Waals surface area contributed by atoms with Gasteiger partial charge in [0.15, 0.2) is 0 Å². The highest BCUT2D eigenvalue weighted by Crippen LogP contribution is 2.24. The van der Waals surface area contributed by atoms with Gasteiger partial charge in [0.1, 0.15) is 17.4 Å². The molecule has 1 heterocycles. The number of thiazole rings is 1. The van der Waals surface area contributed by atoms with Crippen molar-refractivity contribution in [1.29, 1.82) is 0 Å². The highest BCUT2D eigenvalue weighted by Gasteiger charge is 2.11. The number of benzene rings is 1. The fourth-order valence-corrected chi connectivity index (χ4v) is 2.79. The lowest BCUT2D eigenvalue weighted by Gasteiger charge is -2.09. The van der Waals surface area contributed by atoms with E-state index in [9.17, 15) is 0 Å². The van der Waals surface area contributed by atoms with Gasteiger partial charge in [0.25, 0.3) is 0 Å². The van der Waals surface area contributed by atoms with Crippen LogP contribution >= 0.6 is 11.3 Å². The maximum absolute atomic E-state index is 5.86. The predicted octanol–water partition coefficient (Wildman–Crippen LogP) is 2.94. The van der Waals surface area contributed by atoms with Gasteiger partial charge in [-0.1, -0.05) is 12.1 Å². The first kappa shape index (κ1) is 15.0. The number of ether oxygens (including phenoxy) is 2. The van der Waals surface area contributed by atoms with E-state index in [0.717, 1.165) is 21.3 Å². The Labute approximate surface area is 123 Å². The highest BCUT2D eigenvalue weighted by molar-refractivity contribution is 7.11. The summed E-state index contributed by atoms with van der Waals surface area (Å²) in [5, 5.41) is 0.929. The number of hydrogen-bond acceptors (Lipinski definition) is 5. The molecule has 0 aliphatic heterocycles. The molecule has 2 rings (SSSR count). The van der Waals surface area contributed by atoms with E-state index in [2.05, 4.69) is 24.9 Å². The van der Waals surface area contributed by atoms with Gasteiger partial charge in [0.05, 0.1) is 12.3 Å². The maximum Gasteiger partial charge on any atom is 0.140 e. The molecule has 0 aliphatic carbocycles. The predicted molar refractivity (Wildman–Crippen MR) is 81.0 cm³/mol. The van der Waals surface area contributed by atoms with Crippen LogP contribution in [0.25, 0.3) is 0 Å². The summed E-state index contributed by atoms with van der Waals surface area (Å²) in [4.78, 5) is 5.59. The van der Waals surface area contributed by atoms with Crippen LogP contribution < -0.4 is 10.5 Å². The summed E-state index contributed by atoms with van der Waals surface area (Å²) < 4.78 is 11.0. The molecule has 0 saturated carbocycles. The Hall–Kier alpha value is -1.43. The van der Waals surface area contributed by atoms with Crippen LogP contribution in [-0.2, 0) is 24.5 Å². The summed E-state index contributed by atoms with van der Waals surface area (Å²) >= 11 is 1.59. The van der Waals surface area contributed by atoms with Gasteiger partial charge in [-0.25, -0.2) is 4.98 Å². The number of rotatable bonds is 6. The van der Waals surface area contributed by atoms with Crippen molar-refractivity contribution >= 4 is 11.3 Å². The average Bonchev–Trinajstić information content (AvgIpc) is 2.83. The van der Waals surface area contributed by atoms with E-state index in [1.54, 1.807) is 18.4 Å². The Balaban J connectivity index is 2.09. The van der Waals surface area contributed by atoms with E-state index in [1.807, 2.05) is 12.1 Å². The molecule has 0 aliphatic rings. The molecule has 4 nitrogen and oxygen atoms in total. The van der Waals surface area contributed by atoms with Gasteiger partial charge >= 0.3 is 0 Å². The molecule has 108 valence electrons. The Bertz CT molecular complexity index is 581. The van der Waals surface area contributed by atoms with Crippen molar-refractivity contribution in [2.45, 2.75) is 33.6 Å². The molecule has 0 fully saturated rings. The summed E-state index contributed by atoms with van der Waals surface area (Å²) in [5.41, 5.74) is 9.03. The SMILES string of the molecule is COCc1nc(COc2cccc(C)c2C)sc1CN. The number of nitrogens with two attached hydrogens (primary N) is 1. The van der Waals surface area contributed by atoms with Crippen LogP contribution in [0.5, 0.6) is 5.75 Å². The van der Waals surface area contributed by atoms with Crippen LogP contribution in [0.4, 0.5) is 0 Å². The minimum Gasteiger partial charge on any atom is -0.486 e. The van der Waals surface area contributed by atoms with E-state index in [0.29, 0.717) is 19.8 Å². The fraction of sp³-hybridized carbons (Fsp3) is 0.400. The number of aryl methyl sites for hydroxylation is 1. The largest absolute Gasteiger partial charge is 0.486 e. The van der Waals surface area contributed by atoms with Crippen LogP contribution in [0, 0.1) is 13.8 Å². The lowest BCUT2D eigenvalue weighted by Crippen LogP contribution is -2.00. The van der Waals surface area contributed by atoms with E-state index >= 15 is 0 Å². The third-order valence-corrected chi connectivity index (χ3v) is 4.29. The zero-order chi connectivity index (χ0) is 14.5. The molecule has 2 N–H and O–H groups in total. The van der Waals surface area contributed by atoms with Crippen molar-refractivity contribution in [2.24, 2.45) is 5.73 Å². The van der Waals surface area contributed by atoms with Crippen molar-refractivity contribution in [3.05, 3.63) is 44.9 Å². The van der Waals surface area contributed by atoms with Gasteiger partial charge in [-0.2, -0.15) is 0 Å². The van der Waals surface area contributed by atoms with Gasteiger partial charge in [-0.15, -0.1) is 11.3 Å². The van der Waals surface area contributed by atoms with Crippen LogP contribution in [0.1, 0.15) is 26.7 Å². The van der Waals surface area contributed by atoms with E-state index in [1.165, 1.54) is 11.1 Å². The molecule has 5 heteroatoms. The lowest BCUT2D eigenvalue weighted by molar-refractivity contribution is 0.181. The smallest absolute Gasteiger partial charge is 0.140 e. The fourth-order valence-electron chi connectivity index (χ4n) is 1.93. The molecule has 1 aromatic heterocycles. The zero-order valence-electron chi connectivity index (χ0n) is 12.1. The summed E-state index contributed by atoms with van der Waals surface area (Å²) in [6.45, 7) is 5.58. The first-order valence-electron chi connectivity index (χ1n) is 6.51. The van der Waals surface area contributed by atoms with Crippen LogP contribution in [0.2, 0.25) is 0 Å². The second kappa shape index (κ2) is 6.83. The molecule has 0 spiro atoms. The van der Waals surface area contributed by atoms with Crippen molar-refractivity contribution in [3.63, 3.8) is 0 Å². The third kappa shape index (κ3) is 3.36. The van der Waals surface area contributed by atoms with Gasteiger partial charge in [0, 0.05) is 18.5 Å². The molecule has 0 bridgehead atoms. The monoisotopic (exact) mass is 292 g/mol. The normalized spacial score (nSPS) is 10.8. The van der Waals surface area contributed by atoms with Crippen molar-refractivity contribution in [1.82, 2.24) is 4.98 Å². The number of nitrogens with zero attached hydrogens (tertiary/aromatic N) is 1. The number of hydrogen-bond donors (Lipinski definition) is 1. The molecular weight excluding hydrogens is 272 g/mol. The van der Waals surface area contributed by atoms with Gasteiger partial charge in [0.2, 0.25) is 0 Å². The van der Waals surface area contributed by atoms with Gasteiger partial charge in [-0.05, 0) is 31.0 Å². The number of aromatic nitrogens is 1. The Morgan fingerprint density at radius 1 is 1.25 bits per heavy atom. The molecule has 0 unspecified atom stereocenters. The van der Waals surface area contributed by atoms with Gasteiger partial charge < -0.3 is 15.2 Å². The minimum absolute atomic E-state index is 0.464. The molecule has 1 aromatic carbocycles. The first-order chi connectivity index (χ1) is 9.65. The second-order valence-electron chi connectivity index (χ2n) is 4.60. The Kier molecular flexibility index (Phi) is 5.11. The summed E-state index contributed by atoms with van der Waals surface area (Å²) in [6.07, 6.45) is 0. The van der Waals surface area contributed by atoms with E-state index in [-0.39, 0.29) is 0 Å². The molecule has 0 saturated heterocycles. The van der Waals surface area contributed by atoms with Crippen LogP contribution in [0.15, 0.2) is 18.2 Å². The summed E-state index contributed by atoms with van der Waals surface area (Å²) in [5.74, 6) is 0.905. The standard InChI is InChI=1S/C15H20N2O2S/c1-10-5-4-6-13(11(10)2)19-9-15-17-12(8-18-3)14(7-16)20-15/h4-6H,7-9,16H2,1-3H3. The van der Waals surface area contributed by atoms with Crippen LogP contribution in [0.3, 0.4) is 0 Å². The molecular formula is C15H20N2O2S. The molecule has 2 aromatic rings. The molecule has 0 radical (unpaired) electrons. The van der Waals surface area contributed by atoms with Crippen LogP contribution in [-0.4, -0.2) is 12.1 Å². The average molecular weight is 292 g/mol. The molecule has 0 amide bonds. The Morgan fingerprint density at radius 2 is 2.05 bits per heavy atom. The Morgan fingerprint density at radius 3 is 2.75 bits per heavy atom. The molecule has 0 atom stereocenters. The van der Waals surface area contributed by atoms with E-state index < -0.39 is 0 Å². The summed E-state index contributed by atoms with van der Waals surface area (Å²) in [7, 11) is 1.66. The van der Waals surface area contributed by atoms with E-state index in [4.69, 9.17) is 15.2 Å². The zero-order valence-corrected chi connectivity index (χ0v) is 12.9. The topological polar surface area (TPSA) is 57.4 Å². The van der Waals surface area contributed by atoms with Crippen molar-refractivity contribution in [3.8, 4) is 5.75 Å².